The Hall–Kier alpha value is -0.120. The molecule has 0 radical (unpaired) electrons. The molecule has 0 aromatic heterocycles. The van der Waals surface area contributed by atoms with Crippen molar-refractivity contribution in [1.82, 2.24) is 5.32 Å². The third-order valence-corrected chi connectivity index (χ3v) is 2.56. The van der Waals surface area contributed by atoms with Gasteiger partial charge in [-0.25, -0.2) is 0 Å². The third kappa shape index (κ3) is 7.77. The fourth-order valence-electron chi connectivity index (χ4n) is 1.30. The SMILES string of the molecule is CCCNCC(C)(CC)OCCOCC. The number of hydrogen-bond acceptors (Lipinski definition) is 3. The first-order valence-electron chi connectivity index (χ1n) is 6.11. The maximum atomic E-state index is 5.84. The molecule has 0 spiro atoms. The first kappa shape index (κ1) is 14.9. The molecule has 92 valence electrons. The minimum atomic E-state index is -0.0493. The fraction of sp³-hybridized carbons (Fsp3) is 1.00. The van der Waals surface area contributed by atoms with E-state index in [0.29, 0.717) is 13.2 Å². The van der Waals surface area contributed by atoms with Gasteiger partial charge in [0.1, 0.15) is 0 Å². The highest BCUT2D eigenvalue weighted by atomic mass is 16.5. The minimum Gasteiger partial charge on any atom is -0.379 e. The van der Waals surface area contributed by atoms with E-state index >= 15 is 0 Å². The average Bonchev–Trinajstić information content (AvgIpc) is 2.25. The molecule has 0 saturated heterocycles. The second kappa shape index (κ2) is 9.13. The summed E-state index contributed by atoms with van der Waals surface area (Å²) < 4.78 is 11.1. The third-order valence-electron chi connectivity index (χ3n) is 2.56. The van der Waals surface area contributed by atoms with Crippen molar-refractivity contribution in [2.75, 3.05) is 32.9 Å². The Morgan fingerprint density at radius 3 is 2.40 bits per heavy atom. The molecule has 3 nitrogen and oxygen atoms in total. The molecule has 0 bridgehead atoms. The molecule has 0 aromatic carbocycles. The van der Waals surface area contributed by atoms with Crippen LogP contribution in [0.15, 0.2) is 0 Å². The van der Waals surface area contributed by atoms with Crippen LogP contribution >= 0.6 is 0 Å². The van der Waals surface area contributed by atoms with E-state index in [4.69, 9.17) is 9.47 Å². The van der Waals surface area contributed by atoms with Gasteiger partial charge in [0.05, 0.1) is 18.8 Å². The molecule has 0 amide bonds. The van der Waals surface area contributed by atoms with Crippen molar-refractivity contribution in [2.45, 2.75) is 46.1 Å². The summed E-state index contributed by atoms with van der Waals surface area (Å²) in [5.41, 5.74) is -0.0493. The predicted molar refractivity (Wildman–Crippen MR) is 64.3 cm³/mol. The summed E-state index contributed by atoms with van der Waals surface area (Å²) in [5, 5.41) is 3.40. The van der Waals surface area contributed by atoms with Crippen LogP contribution in [-0.4, -0.2) is 38.5 Å². The zero-order valence-electron chi connectivity index (χ0n) is 10.8. The van der Waals surface area contributed by atoms with Gasteiger partial charge in [-0.2, -0.15) is 0 Å². The zero-order valence-corrected chi connectivity index (χ0v) is 10.8. The summed E-state index contributed by atoms with van der Waals surface area (Å²) in [5.74, 6) is 0. The first-order valence-corrected chi connectivity index (χ1v) is 6.11. The van der Waals surface area contributed by atoms with Gasteiger partial charge in [-0.1, -0.05) is 13.8 Å². The zero-order chi connectivity index (χ0) is 11.6. The highest BCUT2D eigenvalue weighted by Gasteiger charge is 2.21. The van der Waals surface area contributed by atoms with E-state index in [2.05, 4.69) is 26.1 Å². The Balaban J connectivity index is 3.65. The van der Waals surface area contributed by atoms with Crippen LogP contribution in [0.25, 0.3) is 0 Å². The topological polar surface area (TPSA) is 30.5 Å². The van der Waals surface area contributed by atoms with Gasteiger partial charge >= 0.3 is 0 Å². The molecule has 0 fully saturated rings. The lowest BCUT2D eigenvalue weighted by Crippen LogP contribution is -2.41. The van der Waals surface area contributed by atoms with Crippen molar-refractivity contribution in [3.05, 3.63) is 0 Å². The molecule has 1 unspecified atom stereocenters. The molecular formula is C12H27NO2. The molecule has 0 aliphatic heterocycles. The molecule has 0 aromatic rings. The molecule has 1 atom stereocenters. The Labute approximate surface area is 94.5 Å². The van der Waals surface area contributed by atoms with Crippen LogP contribution in [0.1, 0.15) is 40.5 Å². The van der Waals surface area contributed by atoms with E-state index in [9.17, 15) is 0 Å². The van der Waals surface area contributed by atoms with Crippen LogP contribution in [0.4, 0.5) is 0 Å². The van der Waals surface area contributed by atoms with E-state index < -0.39 is 0 Å². The Morgan fingerprint density at radius 2 is 1.87 bits per heavy atom. The quantitative estimate of drug-likeness (QED) is 0.569. The van der Waals surface area contributed by atoms with Crippen molar-refractivity contribution >= 4 is 0 Å². The lowest BCUT2D eigenvalue weighted by atomic mass is 10.0. The molecule has 0 heterocycles. The fourth-order valence-corrected chi connectivity index (χ4v) is 1.30. The van der Waals surface area contributed by atoms with Gasteiger partial charge in [-0.3, -0.25) is 0 Å². The monoisotopic (exact) mass is 217 g/mol. The first-order chi connectivity index (χ1) is 7.18. The summed E-state index contributed by atoms with van der Waals surface area (Å²) in [4.78, 5) is 0. The van der Waals surface area contributed by atoms with E-state index in [-0.39, 0.29) is 5.60 Å². The number of hydrogen-bond donors (Lipinski definition) is 1. The van der Waals surface area contributed by atoms with Crippen LogP contribution in [0, 0.1) is 0 Å². The smallest absolute Gasteiger partial charge is 0.0776 e. The maximum absolute atomic E-state index is 5.84. The lowest BCUT2D eigenvalue weighted by molar-refractivity contribution is -0.0563. The van der Waals surface area contributed by atoms with Gasteiger partial charge in [0.25, 0.3) is 0 Å². The molecule has 0 aliphatic carbocycles. The standard InChI is InChI=1S/C12H27NO2/c1-5-8-13-11-12(4,6-2)15-10-9-14-7-3/h13H,5-11H2,1-4H3. The second-order valence-corrected chi connectivity index (χ2v) is 4.03. The molecule has 3 heteroatoms. The Bertz CT molecular complexity index is 142. The Kier molecular flexibility index (Phi) is 9.06. The van der Waals surface area contributed by atoms with E-state index in [1.807, 2.05) is 6.92 Å². The molecular weight excluding hydrogens is 190 g/mol. The van der Waals surface area contributed by atoms with Crippen molar-refractivity contribution in [1.29, 1.82) is 0 Å². The van der Waals surface area contributed by atoms with Crippen LogP contribution < -0.4 is 5.32 Å². The van der Waals surface area contributed by atoms with Crippen LogP contribution in [0.2, 0.25) is 0 Å². The van der Waals surface area contributed by atoms with Crippen molar-refractivity contribution < 1.29 is 9.47 Å². The second-order valence-electron chi connectivity index (χ2n) is 4.03. The highest BCUT2D eigenvalue weighted by Crippen LogP contribution is 2.13. The van der Waals surface area contributed by atoms with E-state index in [1.54, 1.807) is 0 Å². The average molecular weight is 217 g/mol. The van der Waals surface area contributed by atoms with Gasteiger partial charge in [0.2, 0.25) is 0 Å². The highest BCUT2D eigenvalue weighted by molar-refractivity contribution is 4.76. The molecule has 0 aliphatic rings. The summed E-state index contributed by atoms with van der Waals surface area (Å²) in [6, 6.07) is 0. The summed E-state index contributed by atoms with van der Waals surface area (Å²) in [6.45, 7) is 12.6. The summed E-state index contributed by atoms with van der Waals surface area (Å²) in [6.07, 6.45) is 2.19. The van der Waals surface area contributed by atoms with E-state index in [0.717, 1.165) is 26.1 Å². The van der Waals surface area contributed by atoms with Gasteiger partial charge in [0.15, 0.2) is 0 Å². The van der Waals surface area contributed by atoms with Gasteiger partial charge < -0.3 is 14.8 Å². The van der Waals surface area contributed by atoms with Crippen molar-refractivity contribution in [3.63, 3.8) is 0 Å². The largest absolute Gasteiger partial charge is 0.379 e. The number of rotatable bonds is 10. The summed E-state index contributed by atoms with van der Waals surface area (Å²) in [7, 11) is 0. The normalized spacial score (nSPS) is 15.2. The van der Waals surface area contributed by atoms with Crippen LogP contribution in [0.3, 0.4) is 0 Å². The molecule has 0 rings (SSSR count). The molecule has 1 N–H and O–H groups in total. The van der Waals surface area contributed by atoms with Crippen LogP contribution in [-0.2, 0) is 9.47 Å². The van der Waals surface area contributed by atoms with Crippen molar-refractivity contribution in [3.8, 4) is 0 Å². The minimum absolute atomic E-state index is 0.0493. The van der Waals surface area contributed by atoms with Gasteiger partial charge in [-0.15, -0.1) is 0 Å². The van der Waals surface area contributed by atoms with Gasteiger partial charge in [-0.05, 0) is 33.2 Å². The summed E-state index contributed by atoms with van der Waals surface area (Å²) >= 11 is 0. The number of ether oxygens (including phenoxy) is 2. The predicted octanol–water partition coefficient (Wildman–Crippen LogP) is 2.21. The van der Waals surface area contributed by atoms with Crippen molar-refractivity contribution in [2.24, 2.45) is 0 Å². The molecule has 15 heavy (non-hydrogen) atoms. The van der Waals surface area contributed by atoms with Crippen LogP contribution in [0.5, 0.6) is 0 Å². The maximum Gasteiger partial charge on any atom is 0.0776 e. The lowest BCUT2D eigenvalue weighted by Gasteiger charge is -2.29. The Morgan fingerprint density at radius 1 is 1.13 bits per heavy atom. The van der Waals surface area contributed by atoms with E-state index in [1.165, 1.54) is 6.42 Å². The van der Waals surface area contributed by atoms with Gasteiger partial charge in [0, 0.05) is 13.2 Å². The number of nitrogens with one attached hydrogen (secondary N) is 1. The molecule has 0 saturated carbocycles.